The maximum atomic E-state index is 12.3. The lowest BCUT2D eigenvalue weighted by molar-refractivity contribution is 0.348. The van der Waals surface area contributed by atoms with Gasteiger partial charge in [-0.2, -0.15) is 0 Å². The van der Waals surface area contributed by atoms with Crippen molar-refractivity contribution in [3.63, 3.8) is 0 Å². The molecule has 0 radical (unpaired) electrons. The average Bonchev–Trinajstić information content (AvgIpc) is 1.96. The Kier molecular flexibility index (Phi) is 6.76. The molecular formula is C8H16F2OS. The molecule has 0 aliphatic rings. The van der Waals surface area contributed by atoms with Crippen LogP contribution in [-0.4, -0.2) is 28.4 Å². The van der Waals surface area contributed by atoms with Crippen LogP contribution in [0.1, 0.15) is 26.7 Å². The summed E-state index contributed by atoms with van der Waals surface area (Å²) in [6, 6.07) is 0. The zero-order valence-corrected chi connectivity index (χ0v) is 8.37. The van der Waals surface area contributed by atoms with Crippen LogP contribution in [0.4, 0.5) is 8.78 Å². The molecule has 0 aromatic rings. The molecule has 0 N–H and O–H groups in total. The van der Waals surface area contributed by atoms with E-state index in [-0.39, 0.29) is 0 Å². The van der Waals surface area contributed by atoms with E-state index in [4.69, 9.17) is 0 Å². The van der Waals surface area contributed by atoms with Crippen LogP contribution in [0.15, 0.2) is 0 Å². The van der Waals surface area contributed by atoms with Gasteiger partial charge in [0.1, 0.15) is 23.8 Å². The van der Waals surface area contributed by atoms with Crippen molar-refractivity contribution in [3.05, 3.63) is 0 Å². The van der Waals surface area contributed by atoms with Crippen molar-refractivity contribution in [3.8, 4) is 0 Å². The topological polar surface area (TPSA) is 23.1 Å². The lowest BCUT2D eigenvalue weighted by Gasteiger charge is -2.11. The lowest BCUT2D eigenvalue weighted by Crippen LogP contribution is -2.16. The van der Waals surface area contributed by atoms with Gasteiger partial charge in [-0.1, -0.05) is 11.2 Å². The van der Waals surface area contributed by atoms with Crippen LogP contribution in [0.25, 0.3) is 0 Å². The first-order valence-electron chi connectivity index (χ1n) is 4.15. The second-order valence-electron chi connectivity index (χ2n) is 2.99. The van der Waals surface area contributed by atoms with Gasteiger partial charge in [-0.3, -0.25) is 0 Å². The summed E-state index contributed by atoms with van der Waals surface area (Å²) in [5.74, 6) is 0.703. The predicted octanol–water partition coefficient (Wildman–Crippen LogP) is 2.23. The molecule has 2 unspecified atom stereocenters. The van der Waals surface area contributed by atoms with Crippen molar-refractivity contribution in [2.75, 3.05) is 11.5 Å². The Morgan fingerprint density at radius 2 is 1.42 bits per heavy atom. The Morgan fingerprint density at radius 1 is 1.08 bits per heavy atom. The van der Waals surface area contributed by atoms with E-state index in [1.54, 1.807) is 0 Å². The molecule has 0 bridgehead atoms. The third-order valence-electron chi connectivity index (χ3n) is 1.49. The molecule has 0 aliphatic heterocycles. The highest BCUT2D eigenvalue weighted by atomic mass is 32.2. The lowest BCUT2D eigenvalue weighted by atomic mass is 10.3. The molecule has 2 atom stereocenters. The maximum Gasteiger partial charge on any atom is 0.108 e. The average molecular weight is 198 g/mol. The highest BCUT2D eigenvalue weighted by molar-refractivity contribution is 7.91. The van der Waals surface area contributed by atoms with Crippen LogP contribution in [0.3, 0.4) is 0 Å². The van der Waals surface area contributed by atoms with Gasteiger partial charge in [0.2, 0.25) is 0 Å². The fourth-order valence-corrected chi connectivity index (χ4v) is 2.07. The van der Waals surface area contributed by atoms with E-state index in [0.717, 1.165) is 0 Å². The first-order valence-corrected chi connectivity index (χ1v) is 5.64. The highest BCUT2D eigenvalue weighted by Crippen LogP contribution is 2.05. The SMILES string of the molecule is CC(F)CC[S+]([O-])CCC(C)F. The van der Waals surface area contributed by atoms with Crippen molar-refractivity contribution in [2.45, 2.75) is 39.0 Å². The predicted molar refractivity (Wildman–Crippen MR) is 48.3 cm³/mol. The number of hydrogen-bond donors (Lipinski definition) is 0. The van der Waals surface area contributed by atoms with E-state index in [9.17, 15) is 13.3 Å². The van der Waals surface area contributed by atoms with Gasteiger partial charge >= 0.3 is 0 Å². The fraction of sp³-hybridized carbons (Fsp3) is 1.00. The van der Waals surface area contributed by atoms with Crippen LogP contribution in [0.5, 0.6) is 0 Å². The van der Waals surface area contributed by atoms with Crippen molar-refractivity contribution >= 4 is 11.2 Å². The first-order chi connectivity index (χ1) is 5.52. The van der Waals surface area contributed by atoms with Crippen LogP contribution in [-0.2, 0) is 11.2 Å². The van der Waals surface area contributed by atoms with Crippen molar-refractivity contribution in [1.29, 1.82) is 0 Å². The molecule has 1 nitrogen and oxygen atoms in total. The number of hydrogen-bond acceptors (Lipinski definition) is 1. The Bertz CT molecular complexity index is 97.2. The summed E-state index contributed by atoms with van der Waals surface area (Å²) in [6.07, 6.45) is -1.19. The van der Waals surface area contributed by atoms with Gasteiger partial charge in [-0.25, -0.2) is 8.78 Å². The number of rotatable bonds is 6. The third kappa shape index (κ3) is 8.27. The molecule has 0 aliphatic carbocycles. The molecule has 0 aromatic heterocycles. The van der Waals surface area contributed by atoms with E-state index in [0.29, 0.717) is 24.3 Å². The highest BCUT2D eigenvalue weighted by Gasteiger charge is 2.10. The summed E-state index contributed by atoms with van der Waals surface area (Å²) in [5, 5.41) is 0. The Morgan fingerprint density at radius 3 is 1.67 bits per heavy atom. The number of halogens is 2. The molecular weight excluding hydrogens is 182 g/mol. The van der Waals surface area contributed by atoms with E-state index in [1.807, 2.05) is 0 Å². The monoisotopic (exact) mass is 198 g/mol. The van der Waals surface area contributed by atoms with Gasteiger partial charge < -0.3 is 4.55 Å². The molecule has 0 spiro atoms. The zero-order chi connectivity index (χ0) is 9.56. The Hall–Kier alpha value is 0.170. The van der Waals surface area contributed by atoms with Crippen molar-refractivity contribution in [2.24, 2.45) is 0 Å². The molecule has 0 saturated heterocycles. The van der Waals surface area contributed by atoms with Crippen LogP contribution >= 0.6 is 0 Å². The van der Waals surface area contributed by atoms with Crippen LogP contribution in [0, 0.1) is 0 Å². The summed E-state index contributed by atoms with van der Waals surface area (Å²) < 4.78 is 35.5. The van der Waals surface area contributed by atoms with E-state index in [1.165, 1.54) is 13.8 Å². The summed E-state index contributed by atoms with van der Waals surface area (Å²) in [7, 11) is 0. The Balaban J connectivity index is 3.27. The fourth-order valence-electron chi connectivity index (χ4n) is 0.690. The second kappa shape index (κ2) is 6.66. The minimum atomic E-state index is -1.04. The van der Waals surface area contributed by atoms with Gasteiger partial charge in [0.05, 0.1) is 0 Å². The number of alkyl halides is 2. The third-order valence-corrected chi connectivity index (χ3v) is 2.87. The minimum absolute atomic E-state index is 0.313. The van der Waals surface area contributed by atoms with Gasteiger partial charge in [-0.05, 0) is 13.8 Å². The van der Waals surface area contributed by atoms with Gasteiger partial charge in [0.15, 0.2) is 0 Å². The molecule has 4 heteroatoms. The maximum absolute atomic E-state index is 12.3. The summed E-state index contributed by atoms with van der Waals surface area (Å²) in [5.41, 5.74) is 0. The summed E-state index contributed by atoms with van der Waals surface area (Å²) in [4.78, 5) is 0. The quantitative estimate of drug-likeness (QED) is 0.600. The normalized spacial score (nSPS) is 18.8. The molecule has 0 rings (SSSR count). The first kappa shape index (κ1) is 12.2. The van der Waals surface area contributed by atoms with E-state index in [2.05, 4.69) is 0 Å². The van der Waals surface area contributed by atoms with Crippen molar-refractivity contribution < 1.29 is 13.3 Å². The van der Waals surface area contributed by atoms with E-state index >= 15 is 0 Å². The molecule has 0 fully saturated rings. The van der Waals surface area contributed by atoms with Crippen LogP contribution < -0.4 is 0 Å². The van der Waals surface area contributed by atoms with Crippen molar-refractivity contribution in [1.82, 2.24) is 0 Å². The smallest absolute Gasteiger partial charge is 0.108 e. The minimum Gasteiger partial charge on any atom is -0.616 e. The standard InChI is InChI=1S/C8H16F2OS/c1-7(9)3-5-12(11)6-4-8(2)10/h7-8H,3-6H2,1-2H3. The van der Waals surface area contributed by atoms with Crippen LogP contribution in [0.2, 0.25) is 0 Å². The molecule has 0 saturated carbocycles. The second-order valence-corrected chi connectivity index (χ2v) is 4.68. The van der Waals surface area contributed by atoms with Gasteiger partial charge in [0.25, 0.3) is 0 Å². The largest absolute Gasteiger partial charge is 0.616 e. The van der Waals surface area contributed by atoms with E-state index < -0.39 is 23.5 Å². The molecule has 0 amide bonds. The zero-order valence-electron chi connectivity index (χ0n) is 7.56. The molecule has 0 heterocycles. The van der Waals surface area contributed by atoms with Gasteiger partial charge in [0, 0.05) is 12.8 Å². The molecule has 12 heavy (non-hydrogen) atoms. The Labute approximate surface area is 75.7 Å². The molecule has 74 valence electrons. The summed E-state index contributed by atoms with van der Waals surface area (Å²) in [6.45, 7) is 2.88. The summed E-state index contributed by atoms with van der Waals surface area (Å²) >= 11 is -1.04. The van der Waals surface area contributed by atoms with Gasteiger partial charge in [-0.15, -0.1) is 0 Å². The molecule has 0 aromatic carbocycles.